The molecule has 0 radical (unpaired) electrons. The molecule has 4 rings (SSSR count). The van der Waals surface area contributed by atoms with E-state index in [-0.39, 0.29) is 13.2 Å². The lowest BCUT2D eigenvalue weighted by atomic mass is 9.81. The molecule has 1 aromatic carbocycles. The Morgan fingerprint density at radius 2 is 1.67 bits per heavy atom. The molecule has 0 bridgehead atoms. The van der Waals surface area contributed by atoms with E-state index in [9.17, 15) is 9.59 Å². The lowest BCUT2D eigenvalue weighted by Crippen LogP contribution is -2.27. The summed E-state index contributed by atoms with van der Waals surface area (Å²) in [4.78, 5) is 24.1. The zero-order valence-corrected chi connectivity index (χ0v) is 11.6. The van der Waals surface area contributed by atoms with Gasteiger partial charge in [-0.05, 0) is 17.7 Å². The van der Waals surface area contributed by atoms with Crippen LogP contribution >= 0.6 is 11.6 Å². The van der Waals surface area contributed by atoms with E-state index >= 15 is 0 Å². The Kier molecular flexibility index (Phi) is 2.59. The fourth-order valence-electron chi connectivity index (χ4n) is 2.97. The third-order valence-electron chi connectivity index (χ3n) is 3.85. The van der Waals surface area contributed by atoms with Crippen LogP contribution in [0, 0.1) is 0 Å². The number of carbonyl (C=O) groups is 2. The Bertz CT molecular complexity index is 710. The van der Waals surface area contributed by atoms with Crippen molar-refractivity contribution >= 4 is 23.5 Å². The van der Waals surface area contributed by atoms with Crippen LogP contribution in [0.4, 0.5) is 0 Å². The molecule has 106 valence electrons. The zero-order chi connectivity index (χ0) is 14.6. The third kappa shape index (κ3) is 1.77. The van der Waals surface area contributed by atoms with Crippen LogP contribution in [0.25, 0.3) is 0 Å². The van der Waals surface area contributed by atoms with Crippen molar-refractivity contribution in [1.82, 2.24) is 5.32 Å². The van der Waals surface area contributed by atoms with Crippen molar-refractivity contribution in [2.24, 2.45) is 0 Å². The molecule has 0 aliphatic carbocycles. The first-order valence-corrected chi connectivity index (χ1v) is 6.86. The normalized spacial score (nSPS) is 21.0. The number of cyclic esters (lactones) is 2. The fourth-order valence-corrected chi connectivity index (χ4v) is 3.17. The molecule has 5 nitrogen and oxygen atoms in total. The molecule has 0 spiro atoms. The fraction of sp³-hybridized carbons (Fsp3) is 0.200. The van der Waals surface area contributed by atoms with Gasteiger partial charge in [0.15, 0.2) is 0 Å². The number of hydrogen-bond donors (Lipinski definition) is 1. The summed E-state index contributed by atoms with van der Waals surface area (Å²) in [5, 5.41) is 3.64. The molecule has 0 saturated carbocycles. The van der Waals surface area contributed by atoms with Crippen molar-refractivity contribution < 1.29 is 19.1 Å². The highest BCUT2D eigenvalue weighted by molar-refractivity contribution is 6.30. The monoisotopic (exact) mass is 303 g/mol. The number of ether oxygens (including phenoxy) is 2. The first kappa shape index (κ1) is 12.5. The lowest BCUT2D eigenvalue weighted by Gasteiger charge is -2.24. The minimum atomic E-state index is -0.486. The van der Waals surface area contributed by atoms with Crippen molar-refractivity contribution in [3.05, 3.63) is 57.4 Å². The van der Waals surface area contributed by atoms with Gasteiger partial charge in [-0.15, -0.1) is 0 Å². The molecule has 0 unspecified atom stereocenters. The summed E-state index contributed by atoms with van der Waals surface area (Å²) >= 11 is 6.04. The molecule has 3 heterocycles. The predicted molar refractivity (Wildman–Crippen MR) is 73.3 cm³/mol. The van der Waals surface area contributed by atoms with E-state index in [0.29, 0.717) is 27.6 Å². The number of hydrogen-bond acceptors (Lipinski definition) is 5. The summed E-state index contributed by atoms with van der Waals surface area (Å²) in [5.74, 6) is -1.30. The average molecular weight is 304 g/mol. The number of halogens is 1. The molecule has 0 amide bonds. The van der Waals surface area contributed by atoms with Crippen LogP contribution in [0.3, 0.4) is 0 Å². The number of esters is 2. The second-order valence-corrected chi connectivity index (χ2v) is 5.49. The third-order valence-corrected chi connectivity index (χ3v) is 4.08. The van der Waals surface area contributed by atoms with Crippen LogP contribution in [-0.4, -0.2) is 25.2 Å². The molecule has 6 heteroatoms. The minimum Gasteiger partial charge on any atom is -0.456 e. The van der Waals surface area contributed by atoms with Gasteiger partial charge in [0.25, 0.3) is 0 Å². The van der Waals surface area contributed by atoms with Gasteiger partial charge in [-0.25, -0.2) is 9.59 Å². The second-order valence-electron chi connectivity index (χ2n) is 5.05. The molecule has 1 aromatic rings. The molecule has 3 aliphatic rings. The lowest BCUT2D eigenvalue weighted by molar-refractivity contribution is -0.136. The van der Waals surface area contributed by atoms with Crippen LogP contribution in [0.5, 0.6) is 0 Å². The molecule has 1 N–H and O–H groups in total. The zero-order valence-electron chi connectivity index (χ0n) is 10.8. The predicted octanol–water partition coefficient (Wildman–Crippen LogP) is 1.65. The standard InChI is InChI=1S/C15H10ClNO4/c16-8-3-1-2-7(4-8)11-12-9(5-20-14(12)18)17-10-6-21-15(19)13(10)11/h1-4,11,17H,5-6H2. The maximum atomic E-state index is 12.0. The summed E-state index contributed by atoms with van der Waals surface area (Å²) in [5.41, 5.74) is 3.11. The Labute approximate surface area is 125 Å². The van der Waals surface area contributed by atoms with Gasteiger partial charge >= 0.3 is 11.9 Å². The largest absolute Gasteiger partial charge is 0.456 e. The Morgan fingerprint density at radius 1 is 1.05 bits per heavy atom. The highest BCUT2D eigenvalue weighted by atomic mass is 35.5. The number of rotatable bonds is 1. The number of carbonyl (C=O) groups excluding carboxylic acids is 2. The van der Waals surface area contributed by atoms with Crippen LogP contribution in [0.15, 0.2) is 46.8 Å². The van der Waals surface area contributed by atoms with Gasteiger partial charge in [0.1, 0.15) is 13.2 Å². The number of benzene rings is 1. The minimum absolute atomic E-state index is 0.191. The topological polar surface area (TPSA) is 64.6 Å². The van der Waals surface area contributed by atoms with Gasteiger partial charge in [-0.1, -0.05) is 23.7 Å². The first-order chi connectivity index (χ1) is 10.1. The van der Waals surface area contributed by atoms with E-state index in [1.165, 1.54) is 0 Å². The molecule has 0 aromatic heterocycles. The van der Waals surface area contributed by atoms with Gasteiger partial charge < -0.3 is 14.8 Å². The molecule has 21 heavy (non-hydrogen) atoms. The summed E-state index contributed by atoms with van der Waals surface area (Å²) < 4.78 is 10.2. The highest BCUT2D eigenvalue weighted by Gasteiger charge is 2.45. The van der Waals surface area contributed by atoms with Crippen LogP contribution < -0.4 is 5.32 Å². The molecular weight excluding hydrogens is 294 g/mol. The van der Waals surface area contributed by atoms with Crippen molar-refractivity contribution in [3.8, 4) is 0 Å². The van der Waals surface area contributed by atoms with Crippen LogP contribution in [-0.2, 0) is 19.1 Å². The second kappa shape index (κ2) is 4.36. The summed E-state index contributed by atoms with van der Waals surface area (Å²) in [7, 11) is 0. The van der Waals surface area contributed by atoms with Gasteiger partial charge in [0.05, 0.1) is 28.5 Å². The first-order valence-electron chi connectivity index (χ1n) is 6.48. The van der Waals surface area contributed by atoms with Gasteiger partial charge in [-0.3, -0.25) is 0 Å². The maximum absolute atomic E-state index is 12.0. The van der Waals surface area contributed by atoms with E-state index in [1.807, 2.05) is 6.07 Å². The Morgan fingerprint density at radius 3 is 2.24 bits per heavy atom. The Hall–Kier alpha value is -2.27. The van der Waals surface area contributed by atoms with Crippen molar-refractivity contribution in [2.45, 2.75) is 5.92 Å². The highest BCUT2D eigenvalue weighted by Crippen LogP contribution is 2.43. The smallest absolute Gasteiger partial charge is 0.337 e. The van der Waals surface area contributed by atoms with Gasteiger partial charge in [-0.2, -0.15) is 0 Å². The van der Waals surface area contributed by atoms with E-state index in [1.54, 1.807) is 18.2 Å². The SMILES string of the molecule is O=C1OCC2=C1C(c1cccc(Cl)c1)C1=C(COC1=O)N2. The average Bonchev–Trinajstić information content (AvgIpc) is 3.02. The molecule has 0 saturated heterocycles. The van der Waals surface area contributed by atoms with Gasteiger partial charge in [0.2, 0.25) is 0 Å². The van der Waals surface area contributed by atoms with E-state index in [4.69, 9.17) is 21.1 Å². The van der Waals surface area contributed by atoms with E-state index < -0.39 is 17.9 Å². The Balaban J connectivity index is 1.91. The van der Waals surface area contributed by atoms with Crippen molar-refractivity contribution in [3.63, 3.8) is 0 Å². The van der Waals surface area contributed by atoms with Crippen LogP contribution in [0.2, 0.25) is 5.02 Å². The van der Waals surface area contributed by atoms with E-state index in [2.05, 4.69) is 5.32 Å². The molecule has 3 aliphatic heterocycles. The van der Waals surface area contributed by atoms with E-state index in [0.717, 1.165) is 5.56 Å². The molecular formula is C15H10ClNO4. The maximum Gasteiger partial charge on any atom is 0.337 e. The summed E-state index contributed by atoms with van der Waals surface area (Å²) in [6, 6.07) is 7.13. The van der Waals surface area contributed by atoms with Crippen molar-refractivity contribution in [1.29, 1.82) is 0 Å². The number of dihydropyridines is 1. The van der Waals surface area contributed by atoms with Crippen LogP contribution in [0.1, 0.15) is 11.5 Å². The molecule has 0 fully saturated rings. The van der Waals surface area contributed by atoms with Crippen molar-refractivity contribution in [2.75, 3.05) is 13.2 Å². The van der Waals surface area contributed by atoms with Gasteiger partial charge in [0, 0.05) is 5.02 Å². The molecule has 0 atom stereocenters. The number of nitrogens with one attached hydrogen (secondary N) is 1. The summed E-state index contributed by atoms with van der Waals surface area (Å²) in [6.07, 6.45) is 0. The summed E-state index contributed by atoms with van der Waals surface area (Å²) in [6.45, 7) is 0.381. The quantitative estimate of drug-likeness (QED) is 0.799.